The molecule has 8 heteroatoms. The summed E-state index contributed by atoms with van der Waals surface area (Å²) < 4.78 is 5.85. The summed E-state index contributed by atoms with van der Waals surface area (Å²) >= 11 is 0. The number of rotatable bonds is 8. The summed E-state index contributed by atoms with van der Waals surface area (Å²) in [6, 6.07) is 7.76. The van der Waals surface area contributed by atoms with Crippen LogP contribution in [0.1, 0.15) is 41.4 Å². The molecule has 0 bridgehead atoms. The van der Waals surface area contributed by atoms with E-state index < -0.39 is 0 Å². The number of H-pyrrole nitrogens is 1. The van der Waals surface area contributed by atoms with E-state index in [1.807, 2.05) is 45.0 Å². The Morgan fingerprint density at radius 2 is 2.00 bits per heavy atom. The van der Waals surface area contributed by atoms with Gasteiger partial charge in [0.2, 0.25) is 5.69 Å². The molecule has 0 amide bonds. The van der Waals surface area contributed by atoms with E-state index in [4.69, 9.17) is 11.3 Å². The third-order valence-corrected chi connectivity index (χ3v) is 4.95. The molecule has 1 aliphatic rings. The van der Waals surface area contributed by atoms with Crippen molar-refractivity contribution in [2.24, 2.45) is 0 Å². The molecule has 1 saturated carbocycles. The summed E-state index contributed by atoms with van der Waals surface area (Å²) in [4.78, 5) is 12.8. The standard InChI is InChI=1S/C22H25N7O/c1-13-5-8-18(15(3)25-13)30-10-9-24-22-21(23-4)17(16-6-7-16)12-19(27-22)26-20-11-14(2)28-29-20/h5,8,11-12,16H,6-7,9-10H2,1-3H3,(H3,24,26,27,28,29). The zero-order chi connectivity index (χ0) is 21.1. The molecule has 1 aliphatic carbocycles. The molecule has 0 aliphatic heterocycles. The van der Waals surface area contributed by atoms with Gasteiger partial charge in [0.1, 0.15) is 29.8 Å². The Balaban J connectivity index is 1.48. The molecule has 8 nitrogen and oxygen atoms in total. The number of hydrogen-bond donors (Lipinski definition) is 3. The van der Waals surface area contributed by atoms with E-state index in [1.165, 1.54) is 0 Å². The highest BCUT2D eigenvalue weighted by Crippen LogP contribution is 2.47. The number of hydrogen-bond acceptors (Lipinski definition) is 6. The number of aromatic nitrogens is 4. The zero-order valence-electron chi connectivity index (χ0n) is 17.4. The van der Waals surface area contributed by atoms with Gasteiger partial charge in [0.05, 0.1) is 18.0 Å². The van der Waals surface area contributed by atoms with Gasteiger partial charge < -0.3 is 15.4 Å². The van der Waals surface area contributed by atoms with Gasteiger partial charge >= 0.3 is 0 Å². The molecular formula is C22H25N7O. The van der Waals surface area contributed by atoms with Gasteiger partial charge in [-0.3, -0.25) is 10.1 Å². The Kier molecular flexibility index (Phi) is 5.53. The van der Waals surface area contributed by atoms with Gasteiger partial charge in [-0.1, -0.05) is 0 Å². The van der Waals surface area contributed by atoms with Gasteiger partial charge in [-0.2, -0.15) is 5.10 Å². The quantitative estimate of drug-likeness (QED) is 0.370. The van der Waals surface area contributed by atoms with Crippen molar-refractivity contribution < 1.29 is 4.74 Å². The lowest BCUT2D eigenvalue weighted by atomic mass is 10.1. The largest absolute Gasteiger partial charge is 0.490 e. The minimum absolute atomic E-state index is 0.430. The van der Waals surface area contributed by atoms with Crippen LogP contribution in [0.25, 0.3) is 4.85 Å². The van der Waals surface area contributed by atoms with E-state index in [-0.39, 0.29) is 0 Å². The van der Waals surface area contributed by atoms with Crippen molar-refractivity contribution >= 4 is 23.1 Å². The van der Waals surface area contributed by atoms with Crippen molar-refractivity contribution in [3.63, 3.8) is 0 Å². The molecular weight excluding hydrogens is 378 g/mol. The number of ether oxygens (including phenoxy) is 1. The second-order valence-corrected chi connectivity index (χ2v) is 7.54. The van der Waals surface area contributed by atoms with Gasteiger partial charge in [-0.15, -0.1) is 0 Å². The van der Waals surface area contributed by atoms with Gasteiger partial charge in [0, 0.05) is 18.3 Å². The molecule has 0 unspecified atom stereocenters. The number of nitrogens with zero attached hydrogens (tertiary/aromatic N) is 4. The van der Waals surface area contributed by atoms with Crippen molar-refractivity contribution in [3.8, 4) is 5.75 Å². The number of aryl methyl sites for hydroxylation is 3. The van der Waals surface area contributed by atoms with Crippen LogP contribution in [0.15, 0.2) is 24.3 Å². The van der Waals surface area contributed by atoms with E-state index in [1.54, 1.807) is 0 Å². The van der Waals surface area contributed by atoms with E-state index in [0.717, 1.165) is 47.1 Å². The topological polar surface area (TPSA) is 92.1 Å². The lowest BCUT2D eigenvalue weighted by Crippen LogP contribution is -2.14. The molecule has 3 heterocycles. The summed E-state index contributed by atoms with van der Waals surface area (Å²) in [6.07, 6.45) is 2.22. The first-order valence-electron chi connectivity index (χ1n) is 10.1. The van der Waals surface area contributed by atoms with Crippen LogP contribution < -0.4 is 15.4 Å². The van der Waals surface area contributed by atoms with E-state index in [2.05, 4.69) is 35.6 Å². The molecule has 3 N–H and O–H groups in total. The predicted octanol–water partition coefficient (Wildman–Crippen LogP) is 4.79. The maximum absolute atomic E-state index is 7.67. The van der Waals surface area contributed by atoms with Gasteiger partial charge in [0.15, 0.2) is 0 Å². The number of aromatic amines is 1. The maximum Gasteiger partial charge on any atom is 0.231 e. The van der Waals surface area contributed by atoms with Crippen molar-refractivity contribution in [2.75, 3.05) is 23.8 Å². The number of nitrogens with one attached hydrogen (secondary N) is 3. The highest BCUT2D eigenvalue weighted by Gasteiger charge is 2.28. The fraction of sp³-hybridized carbons (Fsp3) is 0.364. The number of anilines is 3. The monoisotopic (exact) mass is 403 g/mol. The molecule has 0 aromatic carbocycles. The van der Waals surface area contributed by atoms with Crippen LogP contribution >= 0.6 is 0 Å². The van der Waals surface area contributed by atoms with Crippen LogP contribution in [0.5, 0.6) is 5.75 Å². The molecule has 3 aromatic heterocycles. The van der Waals surface area contributed by atoms with Crippen molar-refractivity contribution in [1.29, 1.82) is 0 Å². The molecule has 1 fully saturated rings. The van der Waals surface area contributed by atoms with Crippen LogP contribution in [0.2, 0.25) is 0 Å². The Labute approximate surface area is 175 Å². The van der Waals surface area contributed by atoms with E-state index in [0.29, 0.717) is 36.4 Å². The fourth-order valence-corrected chi connectivity index (χ4v) is 3.35. The van der Waals surface area contributed by atoms with Crippen molar-refractivity contribution in [3.05, 3.63) is 58.3 Å². The molecule has 0 saturated heterocycles. The summed E-state index contributed by atoms with van der Waals surface area (Å²) in [5.41, 5.74) is 4.37. The van der Waals surface area contributed by atoms with Crippen LogP contribution in [0.4, 0.5) is 23.1 Å². The molecule has 154 valence electrons. The first-order chi connectivity index (χ1) is 14.5. The minimum atomic E-state index is 0.430. The van der Waals surface area contributed by atoms with Gasteiger partial charge in [-0.25, -0.2) is 9.83 Å². The number of pyridine rings is 2. The van der Waals surface area contributed by atoms with Crippen LogP contribution in [-0.2, 0) is 0 Å². The van der Waals surface area contributed by atoms with Crippen LogP contribution in [0.3, 0.4) is 0 Å². The van der Waals surface area contributed by atoms with Crippen molar-refractivity contribution in [1.82, 2.24) is 20.2 Å². The highest BCUT2D eigenvalue weighted by molar-refractivity contribution is 5.75. The summed E-state index contributed by atoms with van der Waals surface area (Å²) in [7, 11) is 0. The normalized spacial score (nSPS) is 13.0. The molecule has 30 heavy (non-hydrogen) atoms. The van der Waals surface area contributed by atoms with Crippen LogP contribution in [-0.4, -0.2) is 33.3 Å². The molecule has 4 rings (SSSR count). The molecule has 0 spiro atoms. The Morgan fingerprint density at radius 1 is 1.17 bits per heavy atom. The highest BCUT2D eigenvalue weighted by atomic mass is 16.5. The third-order valence-electron chi connectivity index (χ3n) is 4.95. The van der Waals surface area contributed by atoms with Gasteiger partial charge in [-0.05, 0) is 63.3 Å². The first-order valence-corrected chi connectivity index (χ1v) is 10.1. The SMILES string of the molecule is [C-]#[N+]c1c(C2CC2)cc(Nc2cc(C)n[nH]2)nc1NCCOc1ccc(C)nc1C. The minimum Gasteiger partial charge on any atom is -0.490 e. The Hall–Kier alpha value is -3.60. The van der Waals surface area contributed by atoms with E-state index in [9.17, 15) is 0 Å². The second-order valence-electron chi connectivity index (χ2n) is 7.54. The fourth-order valence-electron chi connectivity index (χ4n) is 3.35. The molecule has 0 atom stereocenters. The molecule has 0 radical (unpaired) electrons. The second kappa shape index (κ2) is 8.41. The zero-order valence-corrected chi connectivity index (χ0v) is 17.4. The Morgan fingerprint density at radius 3 is 2.67 bits per heavy atom. The smallest absolute Gasteiger partial charge is 0.231 e. The maximum atomic E-state index is 7.67. The third kappa shape index (κ3) is 4.51. The lowest BCUT2D eigenvalue weighted by Gasteiger charge is -2.15. The van der Waals surface area contributed by atoms with Gasteiger partial charge in [0.25, 0.3) is 0 Å². The summed E-state index contributed by atoms with van der Waals surface area (Å²) in [6.45, 7) is 14.5. The molecule has 3 aromatic rings. The Bertz CT molecular complexity index is 1100. The van der Waals surface area contributed by atoms with E-state index >= 15 is 0 Å². The van der Waals surface area contributed by atoms with Crippen LogP contribution in [0, 0.1) is 27.3 Å². The average Bonchev–Trinajstić information content (AvgIpc) is 3.48. The summed E-state index contributed by atoms with van der Waals surface area (Å²) in [5, 5.41) is 13.6. The average molecular weight is 403 g/mol. The first kappa shape index (κ1) is 19.7. The summed E-state index contributed by atoms with van der Waals surface area (Å²) in [5.74, 6) is 3.24. The lowest BCUT2D eigenvalue weighted by molar-refractivity contribution is 0.328. The van der Waals surface area contributed by atoms with Crippen molar-refractivity contribution in [2.45, 2.75) is 39.5 Å². The predicted molar refractivity (Wildman–Crippen MR) is 117 cm³/mol.